The molecule has 0 aromatic heterocycles. The van der Waals surface area contributed by atoms with Crippen LogP contribution in [-0.2, 0) is 5.60 Å². The molecule has 2 aromatic rings. The van der Waals surface area contributed by atoms with Gasteiger partial charge >= 0.3 is 0 Å². The summed E-state index contributed by atoms with van der Waals surface area (Å²) in [6.45, 7) is 5.52. The van der Waals surface area contributed by atoms with E-state index >= 15 is 0 Å². The quantitative estimate of drug-likeness (QED) is 0.854. The van der Waals surface area contributed by atoms with Gasteiger partial charge in [-0.2, -0.15) is 0 Å². The second kappa shape index (κ2) is 4.54. The van der Waals surface area contributed by atoms with Crippen LogP contribution in [0.3, 0.4) is 0 Å². The minimum atomic E-state index is -1.11. The van der Waals surface area contributed by atoms with Crippen molar-refractivity contribution >= 4 is 0 Å². The first-order valence-electron chi connectivity index (χ1n) is 5.98. The number of halogens is 1. The predicted octanol–water partition coefficient (Wildman–Crippen LogP) is 3.70. The maximum atomic E-state index is 13.1. The lowest BCUT2D eigenvalue weighted by Crippen LogP contribution is -2.25. The second-order valence-corrected chi connectivity index (χ2v) is 4.85. The largest absolute Gasteiger partial charge is 0.381 e. The number of aryl methyl sites for hydroxylation is 2. The minimum absolute atomic E-state index is 0.281. The molecule has 1 nitrogen and oxygen atoms in total. The van der Waals surface area contributed by atoms with Crippen LogP contribution < -0.4 is 0 Å². The van der Waals surface area contributed by atoms with Crippen molar-refractivity contribution in [1.82, 2.24) is 0 Å². The van der Waals surface area contributed by atoms with Crippen LogP contribution in [0.15, 0.2) is 42.5 Å². The highest BCUT2D eigenvalue weighted by atomic mass is 19.1. The standard InChI is InChI=1S/C16H17FO/c1-11-6-4-5-7-14(11)16(3,18)15-9-8-13(17)10-12(15)2/h4-10,18H,1-3H3. The Balaban J connectivity index is 2.58. The van der Waals surface area contributed by atoms with E-state index in [0.717, 1.165) is 22.3 Å². The molecule has 0 saturated heterocycles. The van der Waals surface area contributed by atoms with Gasteiger partial charge in [0.25, 0.3) is 0 Å². The van der Waals surface area contributed by atoms with Gasteiger partial charge in [-0.05, 0) is 55.2 Å². The highest BCUT2D eigenvalue weighted by molar-refractivity contribution is 5.43. The Bertz CT molecular complexity index is 573. The SMILES string of the molecule is Cc1ccccc1C(C)(O)c1ccc(F)cc1C. The first-order valence-corrected chi connectivity index (χ1v) is 5.98. The molecule has 0 amide bonds. The number of hydrogen-bond acceptors (Lipinski definition) is 1. The fourth-order valence-electron chi connectivity index (χ4n) is 2.44. The zero-order chi connectivity index (χ0) is 13.3. The van der Waals surface area contributed by atoms with Crippen molar-refractivity contribution in [2.45, 2.75) is 26.4 Å². The Morgan fingerprint density at radius 2 is 1.56 bits per heavy atom. The van der Waals surface area contributed by atoms with Crippen LogP contribution in [0.4, 0.5) is 4.39 Å². The second-order valence-electron chi connectivity index (χ2n) is 4.85. The lowest BCUT2D eigenvalue weighted by Gasteiger charge is -2.28. The topological polar surface area (TPSA) is 20.2 Å². The number of aliphatic hydroxyl groups is 1. The summed E-state index contributed by atoms with van der Waals surface area (Å²) >= 11 is 0. The third-order valence-corrected chi connectivity index (χ3v) is 3.38. The van der Waals surface area contributed by atoms with E-state index in [4.69, 9.17) is 0 Å². The van der Waals surface area contributed by atoms with E-state index in [1.807, 2.05) is 38.1 Å². The predicted molar refractivity (Wildman–Crippen MR) is 71.0 cm³/mol. The molecular formula is C16H17FO. The van der Waals surface area contributed by atoms with Gasteiger partial charge in [-0.15, -0.1) is 0 Å². The van der Waals surface area contributed by atoms with Crippen molar-refractivity contribution in [3.63, 3.8) is 0 Å². The number of benzene rings is 2. The van der Waals surface area contributed by atoms with Gasteiger partial charge in [0.2, 0.25) is 0 Å². The molecule has 2 aromatic carbocycles. The Labute approximate surface area is 107 Å². The number of rotatable bonds is 2. The maximum absolute atomic E-state index is 13.1. The molecule has 0 radical (unpaired) electrons. The molecule has 0 aliphatic carbocycles. The van der Waals surface area contributed by atoms with Crippen LogP contribution in [0.1, 0.15) is 29.2 Å². The van der Waals surface area contributed by atoms with Crippen LogP contribution in [0.2, 0.25) is 0 Å². The molecule has 1 unspecified atom stereocenters. The molecular weight excluding hydrogens is 227 g/mol. The molecule has 0 aliphatic heterocycles. The van der Waals surface area contributed by atoms with Crippen LogP contribution in [0.25, 0.3) is 0 Å². The molecule has 0 spiro atoms. The summed E-state index contributed by atoms with van der Waals surface area (Å²) in [7, 11) is 0. The van der Waals surface area contributed by atoms with Gasteiger partial charge < -0.3 is 5.11 Å². The van der Waals surface area contributed by atoms with Gasteiger partial charge in [0.15, 0.2) is 0 Å². The van der Waals surface area contributed by atoms with Crippen LogP contribution in [-0.4, -0.2) is 5.11 Å². The van der Waals surface area contributed by atoms with Crippen LogP contribution >= 0.6 is 0 Å². The summed E-state index contributed by atoms with van der Waals surface area (Å²) in [6, 6.07) is 12.2. The highest BCUT2D eigenvalue weighted by Crippen LogP contribution is 2.33. The van der Waals surface area contributed by atoms with Crippen LogP contribution in [0.5, 0.6) is 0 Å². The smallest absolute Gasteiger partial charge is 0.123 e. The summed E-state index contributed by atoms with van der Waals surface area (Å²) in [5, 5.41) is 10.8. The monoisotopic (exact) mass is 244 g/mol. The molecule has 18 heavy (non-hydrogen) atoms. The molecule has 0 fully saturated rings. The Morgan fingerprint density at radius 1 is 0.944 bits per heavy atom. The zero-order valence-electron chi connectivity index (χ0n) is 10.9. The van der Waals surface area contributed by atoms with Crippen molar-refractivity contribution in [3.05, 3.63) is 70.5 Å². The molecule has 1 N–H and O–H groups in total. The molecule has 2 heteroatoms. The van der Waals surface area contributed by atoms with Crippen molar-refractivity contribution in [3.8, 4) is 0 Å². The van der Waals surface area contributed by atoms with E-state index in [0.29, 0.717) is 0 Å². The molecule has 2 rings (SSSR count). The van der Waals surface area contributed by atoms with Crippen molar-refractivity contribution < 1.29 is 9.50 Å². The average Bonchev–Trinajstić information content (AvgIpc) is 2.28. The highest BCUT2D eigenvalue weighted by Gasteiger charge is 2.28. The third kappa shape index (κ3) is 2.16. The van der Waals surface area contributed by atoms with E-state index in [2.05, 4.69) is 0 Å². The normalized spacial score (nSPS) is 14.3. The Hall–Kier alpha value is -1.67. The molecule has 0 heterocycles. The first-order chi connectivity index (χ1) is 8.43. The summed E-state index contributed by atoms with van der Waals surface area (Å²) in [6.07, 6.45) is 0. The van der Waals surface area contributed by atoms with Crippen LogP contribution in [0, 0.1) is 19.7 Å². The molecule has 0 bridgehead atoms. The summed E-state index contributed by atoms with van der Waals surface area (Å²) in [4.78, 5) is 0. The van der Waals surface area contributed by atoms with E-state index in [-0.39, 0.29) is 5.82 Å². The van der Waals surface area contributed by atoms with Gasteiger partial charge in [-0.3, -0.25) is 0 Å². The molecule has 94 valence electrons. The minimum Gasteiger partial charge on any atom is -0.381 e. The Morgan fingerprint density at radius 3 is 2.17 bits per heavy atom. The van der Waals surface area contributed by atoms with Gasteiger partial charge in [-0.1, -0.05) is 30.3 Å². The van der Waals surface area contributed by atoms with E-state index < -0.39 is 5.60 Å². The fourth-order valence-corrected chi connectivity index (χ4v) is 2.44. The van der Waals surface area contributed by atoms with Gasteiger partial charge in [-0.25, -0.2) is 4.39 Å². The van der Waals surface area contributed by atoms with Gasteiger partial charge in [0, 0.05) is 0 Å². The molecule has 1 atom stereocenters. The lowest BCUT2D eigenvalue weighted by molar-refractivity contribution is 0.101. The molecule has 0 saturated carbocycles. The van der Waals surface area contributed by atoms with Crippen molar-refractivity contribution in [2.24, 2.45) is 0 Å². The summed E-state index contributed by atoms with van der Waals surface area (Å²) in [5.74, 6) is -0.281. The first kappa shape index (κ1) is 12.8. The zero-order valence-corrected chi connectivity index (χ0v) is 10.9. The Kier molecular flexibility index (Phi) is 3.22. The van der Waals surface area contributed by atoms with E-state index in [9.17, 15) is 9.50 Å². The summed E-state index contributed by atoms with van der Waals surface area (Å²) < 4.78 is 13.1. The average molecular weight is 244 g/mol. The fraction of sp³-hybridized carbons (Fsp3) is 0.250. The third-order valence-electron chi connectivity index (χ3n) is 3.38. The number of hydrogen-bond donors (Lipinski definition) is 1. The summed E-state index contributed by atoms with van der Waals surface area (Å²) in [5.41, 5.74) is 2.25. The molecule has 0 aliphatic rings. The maximum Gasteiger partial charge on any atom is 0.123 e. The van der Waals surface area contributed by atoms with E-state index in [1.165, 1.54) is 12.1 Å². The van der Waals surface area contributed by atoms with Gasteiger partial charge in [0.05, 0.1) is 0 Å². The van der Waals surface area contributed by atoms with Crippen molar-refractivity contribution in [2.75, 3.05) is 0 Å². The van der Waals surface area contributed by atoms with Gasteiger partial charge in [0.1, 0.15) is 11.4 Å². The van der Waals surface area contributed by atoms with Crippen molar-refractivity contribution in [1.29, 1.82) is 0 Å². The van der Waals surface area contributed by atoms with E-state index in [1.54, 1.807) is 13.0 Å². The lowest BCUT2D eigenvalue weighted by atomic mass is 9.83.